The Bertz CT molecular complexity index is 1020. The van der Waals surface area contributed by atoms with E-state index in [-0.39, 0.29) is 20.6 Å². The van der Waals surface area contributed by atoms with Crippen LogP contribution in [0.5, 0.6) is 0 Å². The molecule has 154 valence electrons. The highest BCUT2D eigenvalue weighted by atomic mass is 16.4. The lowest BCUT2D eigenvalue weighted by Gasteiger charge is -2.04. The highest BCUT2D eigenvalue weighted by Crippen LogP contribution is 2.47. The molecule has 1 aliphatic carbocycles. The molecule has 29 heavy (non-hydrogen) atoms. The third-order valence-corrected chi connectivity index (χ3v) is 5.04. The van der Waals surface area contributed by atoms with Crippen LogP contribution in [-0.2, 0) is 11.3 Å². The molecule has 3 aromatic rings. The van der Waals surface area contributed by atoms with Gasteiger partial charge in [0.1, 0.15) is 5.69 Å². The van der Waals surface area contributed by atoms with E-state index < -0.39 is 0 Å². The Morgan fingerprint density at radius 1 is 1.24 bits per heavy atom. The first-order valence-corrected chi connectivity index (χ1v) is 9.79. The van der Waals surface area contributed by atoms with E-state index in [1.807, 2.05) is 45.2 Å². The van der Waals surface area contributed by atoms with E-state index in [1.165, 1.54) is 5.56 Å². The van der Waals surface area contributed by atoms with Crippen molar-refractivity contribution in [2.75, 3.05) is 13.6 Å². The highest BCUT2D eigenvalue weighted by Gasteiger charge is 2.45. The second-order valence-electron chi connectivity index (χ2n) is 7.21. The fourth-order valence-electron chi connectivity index (χ4n) is 3.37. The first-order chi connectivity index (χ1) is 14.1. The molecule has 0 spiro atoms. The first kappa shape index (κ1) is 19.2. The Kier molecular flexibility index (Phi) is 5.35. The Labute approximate surface area is 172 Å². The zero-order chi connectivity index (χ0) is 20.4. The maximum atomic E-state index is 12.0. The summed E-state index contributed by atoms with van der Waals surface area (Å²) >= 11 is 0. The number of carbonyl (C=O) groups excluding carboxylic acids is 1. The number of benzene rings is 1. The summed E-state index contributed by atoms with van der Waals surface area (Å²) in [4.78, 5) is 21.2. The summed E-state index contributed by atoms with van der Waals surface area (Å²) in [5.41, 5.74) is 4.09. The Balaban J connectivity index is 0.00000171. The molecule has 0 radical (unpaired) electrons. The molecule has 4 rings (SSSR count). The lowest BCUT2D eigenvalue weighted by molar-refractivity contribution is -0.122. The third-order valence-electron chi connectivity index (χ3n) is 5.04. The standard InChI is InChI=1S/C21H24N6O2.2H2/c1-4-23-19(28)16-9-15(16)17-11-24-12(2)18(25-17)21-27-26-20(29-21)14-7-5-13(6-8-14)10-22-3;;/h5-8,11,15-16,22H,4,9-10H2,1-3H3,(H,23,28);2*1H. The van der Waals surface area contributed by atoms with E-state index in [0.29, 0.717) is 29.7 Å². The smallest absolute Gasteiger partial charge is 0.268 e. The second kappa shape index (κ2) is 8.08. The van der Waals surface area contributed by atoms with Crippen molar-refractivity contribution in [2.24, 2.45) is 5.92 Å². The van der Waals surface area contributed by atoms with Crippen molar-refractivity contribution >= 4 is 5.91 Å². The van der Waals surface area contributed by atoms with Crippen LogP contribution in [0.15, 0.2) is 34.9 Å². The number of carbonyl (C=O) groups is 1. The molecule has 1 fully saturated rings. The number of amides is 1. The van der Waals surface area contributed by atoms with Gasteiger partial charge in [-0.15, -0.1) is 10.2 Å². The van der Waals surface area contributed by atoms with Crippen molar-refractivity contribution in [1.82, 2.24) is 30.8 Å². The molecule has 1 aliphatic rings. The van der Waals surface area contributed by atoms with Crippen LogP contribution in [0.2, 0.25) is 0 Å². The summed E-state index contributed by atoms with van der Waals surface area (Å²) in [5, 5.41) is 14.3. The van der Waals surface area contributed by atoms with E-state index >= 15 is 0 Å². The summed E-state index contributed by atoms with van der Waals surface area (Å²) in [6.07, 6.45) is 2.53. The van der Waals surface area contributed by atoms with Crippen LogP contribution in [0.1, 0.15) is 39.1 Å². The van der Waals surface area contributed by atoms with Gasteiger partial charge >= 0.3 is 0 Å². The maximum Gasteiger partial charge on any atom is 0.268 e. The van der Waals surface area contributed by atoms with E-state index in [1.54, 1.807) is 6.20 Å². The molecule has 2 unspecified atom stereocenters. The van der Waals surface area contributed by atoms with Gasteiger partial charge in [-0.2, -0.15) is 0 Å². The molecular weight excluding hydrogens is 368 g/mol. The first-order valence-electron chi connectivity index (χ1n) is 9.79. The van der Waals surface area contributed by atoms with E-state index in [9.17, 15) is 4.79 Å². The zero-order valence-corrected chi connectivity index (χ0v) is 16.8. The molecule has 2 aromatic heterocycles. The predicted molar refractivity (Wildman–Crippen MR) is 112 cm³/mol. The van der Waals surface area contributed by atoms with Gasteiger partial charge in [-0.05, 0) is 45.0 Å². The second-order valence-corrected chi connectivity index (χ2v) is 7.21. The van der Waals surface area contributed by atoms with E-state index in [2.05, 4.69) is 25.8 Å². The van der Waals surface area contributed by atoms with Gasteiger partial charge in [-0.25, -0.2) is 4.98 Å². The Morgan fingerprint density at radius 3 is 2.72 bits per heavy atom. The minimum absolute atomic E-state index is 0. The van der Waals surface area contributed by atoms with Gasteiger partial charge in [0.15, 0.2) is 0 Å². The lowest BCUT2D eigenvalue weighted by atomic mass is 10.1. The Morgan fingerprint density at radius 2 is 2.00 bits per heavy atom. The quantitative estimate of drug-likeness (QED) is 0.632. The van der Waals surface area contributed by atoms with Crippen molar-refractivity contribution in [1.29, 1.82) is 0 Å². The number of aryl methyl sites for hydroxylation is 1. The van der Waals surface area contributed by atoms with E-state index in [4.69, 9.17) is 9.40 Å². The van der Waals surface area contributed by atoms with Crippen molar-refractivity contribution < 1.29 is 12.1 Å². The molecule has 0 saturated heterocycles. The molecule has 2 heterocycles. The molecule has 2 N–H and O–H groups in total. The van der Waals surface area contributed by atoms with Gasteiger partial charge in [-0.1, -0.05) is 12.1 Å². The van der Waals surface area contributed by atoms with Crippen LogP contribution >= 0.6 is 0 Å². The molecule has 0 bridgehead atoms. The minimum Gasteiger partial charge on any atom is -0.415 e. The molecule has 2 atom stereocenters. The number of hydrogen-bond donors (Lipinski definition) is 2. The summed E-state index contributed by atoms with van der Waals surface area (Å²) in [6, 6.07) is 7.96. The summed E-state index contributed by atoms with van der Waals surface area (Å²) in [5.74, 6) is 0.906. The maximum absolute atomic E-state index is 12.0. The van der Waals surface area contributed by atoms with Crippen LogP contribution in [0.4, 0.5) is 0 Å². The van der Waals surface area contributed by atoms with Crippen LogP contribution in [0, 0.1) is 12.8 Å². The molecule has 1 aromatic carbocycles. The van der Waals surface area contributed by atoms with Gasteiger partial charge in [0.25, 0.3) is 5.89 Å². The normalized spacial score (nSPS) is 17.9. The predicted octanol–water partition coefficient (Wildman–Crippen LogP) is 2.95. The summed E-state index contributed by atoms with van der Waals surface area (Å²) in [6.45, 7) is 5.21. The van der Waals surface area contributed by atoms with Crippen molar-refractivity contribution in [3.63, 3.8) is 0 Å². The van der Waals surface area contributed by atoms with Crippen molar-refractivity contribution in [3.8, 4) is 23.0 Å². The summed E-state index contributed by atoms with van der Waals surface area (Å²) < 4.78 is 5.88. The van der Waals surface area contributed by atoms with Crippen LogP contribution in [0.25, 0.3) is 23.0 Å². The van der Waals surface area contributed by atoms with Crippen molar-refractivity contribution in [3.05, 3.63) is 47.4 Å². The number of nitrogens with one attached hydrogen (secondary N) is 2. The largest absolute Gasteiger partial charge is 0.415 e. The molecule has 1 saturated carbocycles. The number of aromatic nitrogens is 4. The van der Waals surface area contributed by atoms with E-state index in [0.717, 1.165) is 24.2 Å². The topological polar surface area (TPSA) is 106 Å². The summed E-state index contributed by atoms with van der Waals surface area (Å²) in [7, 11) is 1.91. The SMILES string of the molecule is CCNC(=O)C1CC1c1cnc(C)c(-c2nnc(-c3ccc(CNC)cc3)o2)n1.[HH].[HH]. The van der Waals surface area contributed by atoms with Gasteiger partial charge < -0.3 is 15.1 Å². The van der Waals surface area contributed by atoms with Gasteiger partial charge in [0, 0.05) is 39.5 Å². The highest BCUT2D eigenvalue weighted by molar-refractivity contribution is 5.82. The minimum atomic E-state index is -0.0332. The van der Waals surface area contributed by atoms with Crippen molar-refractivity contribution in [2.45, 2.75) is 32.7 Å². The average molecular weight is 396 g/mol. The fraction of sp³-hybridized carbons (Fsp3) is 0.381. The number of rotatable bonds is 7. The molecule has 1 amide bonds. The van der Waals surface area contributed by atoms with Crippen LogP contribution < -0.4 is 10.6 Å². The van der Waals surface area contributed by atoms with Gasteiger partial charge in [0.05, 0.1) is 11.4 Å². The van der Waals surface area contributed by atoms with Crippen LogP contribution in [0.3, 0.4) is 0 Å². The van der Waals surface area contributed by atoms with Crippen LogP contribution in [-0.4, -0.2) is 39.7 Å². The average Bonchev–Trinajstić information content (AvgIpc) is 3.38. The molecule has 0 aliphatic heterocycles. The molecular formula is C21H28N6O2. The van der Waals surface area contributed by atoms with Gasteiger partial charge in [0.2, 0.25) is 11.8 Å². The number of hydrogen-bond acceptors (Lipinski definition) is 7. The lowest BCUT2D eigenvalue weighted by Crippen LogP contribution is -2.24. The Hall–Kier alpha value is -3.13. The monoisotopic (exact) mass is 396 g/mol. The molecule has 8 heteroatoms. The fourth-order valence-corrected chi connectivity index (χ4v) is 3.37. The zero-order valence-electron chi connectivity index (χ0n) is 16.8. The number of nitrogens with zero attached hydrogens (tertiary/aromatic N) is 4. The van der Waals surface area contributed by atoms with Gasteiger partial charge in [-0.3, -0.25) is 9.78 Å². The third kappa shape index (κ3) is 4.02. The molecule has 8 nitrogen and oxygen atoms in total.